The van der Waals surface area contributed by atoms with Crippen LogP contribution in [0.1, 0.15) is 19.4 Å². The summed E-state index contributed by atoms with van der Waals surface area (Å²) in [7, 11) is 0. The first kappa shape index (κ1) is 16.6. The molecule has 1 aliphatic rings. The van der Waals surface area contributed by atoms with Gasteiger partial charge in [0.1, 0.15) is 12.4 Å². The summed E-state index contributed by atoms with van der Waals surface area (Å²) in [5.74, 6) is 1.34. The summed E-state index contributed by atoms with van der Waals surface area (Å²) in [5.41, 5.74) is 6.90. The Balaban J connectivity index is 1.73. The van der Waals surface area contributed by atoms with Crippen LogP contribution in [0.4, 0.5) is 0 Å². The van der Waals surface area contributed by atoms with Crippen LogP contribution < -0.4 is 10.5 Å². The van der Waals surface area contributed by atoms with Crippen molar-refractivity contribution in [3.63, 3.8) is 0 Å². The molecule has 0 unspecified atom stereocenters. The van der Waals surface area contributed by atoms with E-state index in [0.29, 0.717) is 19.0 Å². The van der Waals surface area contributed by atoms with E-state index in [0.717, 1.165) is 37.6 Å². The van der Waals surface area contributed by atoms with Crippen molar-refractivity contribution in [2.24, 2.45) is 10.9 Å². The van der Waals surface area contributed by atoms with Gasteiger partial charge >= 0.3 is 0 Å². The van der Waals surface area contributed by atoms with Crippen LogP contribution in [0.15, 0.2) is 29.4 Å². The summed E-state index contributed by atoms with van der Waals surface area (Å²) >= 11 is 0. The van der Waals surface area contributed by atoms with Gasteiger partial charge in [-0.2, -0.15) is 0 Å². The van der Waals surface area contributed by atoms with Gasteiger partial charge in [-0.15, -0.1) is 0 Å². The van der Waals surface area contributed by atoms with E-state index in [4.69, 9.17) is 20.0 Å². The molecule has 1 heterocycles. The number of nitrogens with zero attached hydrogens (tertiary/aromatic N) is 2. The van der Waals surface area contributed by atoms with Gasteiger partial charge in [-0.1, -0.05) is 17.3 Å². The van der Waals surface area contributed by atoms with Gasteiger partial charge in [-0.05, 0) is 31.5 Å². The smallest absolute Gasteiger partial charge is 0.153 e. The highest BCUT2D eigenvalue weighted by Crippen LogP contribution is 2.14. The van der Waals surface area contributed by atoms with Crippen molar-refractivity contribution in [3.8, 4) is 5.75 Å². The number of oxime groups is 1. The van der Waals surface area contributed by atoms with E-state index < -0.39 is 0 Å². The molecule has 122 valence electrons. The maximum atomic E-state index is 5.87. The fourth-order valence-corrected chi connectivity index (χ4v) is 2.14. The molecule has 0 amide bonds. The normalized spacial score (nSPS) is 16.8. The number of amidine groups is 1. The van der Waals surface area contributed by atoms with Crippen LogP contribution in [0.3, 0.4) is 0 Å². The van der Waals surface area contributed by atoms with E-state index in [1.165, 1.54) is 0 Å². The van der Waals surface area contributed by atoms with Crippen LogP contribution in [0.5, 0.6) is 5.75 Å². The lowest BCUT2D eigenvalue weighted by atomic mass is 10.2. The molecule has 0 atom stereocenters. The lowest BCUT2D eigenvalue weighted by Gasteiger charge is -2.25. The van der Waals surface area contributed by atoms with Gasteiger partial charge in [0.05, 0.1) is 25.9 Å². The van der Waals surface area contributed by atoms with Crippen molar-refractivity contribution in [3.05, 3.63) is 29.8 Å². The van der Waals surface area contributed by atoms with Gasteiger partial charge < -0.3 is 20.0 Å². The van der Waals surface area contributed by atoms with Gasteiger partial charge in [0.15, 0.2) is 5.84 Å². The van der Waals surface area contributed by atoms with Crippen molar-refractivity contribution in [2.45, 2.75) is 26.6 Å². The average molecular weight is 307 g/mol. The first-order valence-electron chi connectivity index (χ1n) is 7.63. The predicted octanol–water partition coefficient (Wildman–Crippen LogP) is 1.59. The lowest BCUT2D eigenvalue weighted by Crippen LogP contribution is -2.41. The molecule has 2 rings (SSSR count). The highest BCUT2D eigenvalue weighted by Gasteiger charge is 2.11. The van der Waals surface area contributed by atoms with Crippen molar-refractivity contribution in [2.75, 3.05) is 32.8 Å². The molecule has 1 aliphatic heterocycles. The Kier molecular flexibility index (Phi) is 6.48. The quantitative estimate of drug-likeness (QED) is 0.471. The van der Waals surface area contributed by atoms with Gasteiger partial charge in [-0.3, -0.25) is 4.90 Å². The van der Waals surface area contributed by atoms with Crippen molar-refractivity contribution < 1.29 is 14.3 Å². The summed E-state index contributed by atoms with van der Waals surface area (Å²) in [6.07, 6.45) is 0.173. The summed E-state index contributed by atoms with van der Waals surface area (Å²) in [6.45, 7) is 8.28. The van der Waals surface area contributed by atoms with E-state index >= 15 is 0 Å². The SMILES string of the molecule is CC(C)Oc1ccc(CO/N=C(/N)CN2CCOCC2)cc1. The van der Waals surface area contributed by atoms with Crippen LogP contribution in [0.2, 0.25) is 0 Å². The molecule has 0 saturated carbocycles. The standard InChI is InChI=1S/C16H25N3O3/c1-13(2)22-15-5-3-14(4-6-15)12-21-18-16(17)11-19-7-9-20-10-8-19/h3-6,13H,7-12H2,1-2H3,(H2,17,18). The van der Waals surface area contributed by atoms with Crippen LogP contribution >= 0.6 is 0 Å². The molecule has 1 fully saturated rings. The highest BCUT2D eigenvalue weighted by molar-refractivity contribution is 5.81. The Morgan fingerprint density at radius 1 is 1.27 bits per heavy atom. The van der Waals surface area contributed by atoms with Crippen molar-refractivity contribution in [1.29, 1.82) is 0 Å². The largest absolute Gasteiger partial charge is 0.491 e. The second-order valence-electron chi connectivity index (χ2n) is 5.56. The number of rotatable bonds is 7. The third-order valence-electron chi connectivity index (χ3n) is 3.20. The minimum absolute atomic E-state index is 0.173. The van der Waals surface area contributed by atoms with Gasteiger partial charge in [0.2, 0.25) is 0 Å². The van der Waals surface area contributed by atoms with E-state index in [1.54, 1.807) is 0 Å². The second kappa shape index (κ2) is 8.60. The van der Waals surface area contributed by atoms with Crippen molar-refractivity contribution >= 4 is 5.84 Å². The molecule has 22 heavy (non-hydrogen) atoms. The van der Waals surface area contributed by atoms with E-state index in [2.05, 4.69) is 10.1 Å². The van der Waals surface area contributed by atoms with Crippen molar-refractivity contribution in [1.82, 2.24) is 4.90 Å². The van der Waals surface area contributed by atoms with E-state index in [9.17, 15) is 0 Å². The Hall–Kier alpha value is -1.79. The topological polar surface area (TPSA) is 69.3 Å². The molecule has 1 aromatic carbocycles. The number of nitrogens with two attached hydrogens (primary N) is 1. The number of benzene rings is 1. The first-order chi connectivity index (χ1) is 10.6. The highest BCUT2D eigenvalue weighted by atomic mass is 16.6. The molecular weight excluding hydrogens is 282 g/mol. The number of hydrogen-bond acceptors (Lipinski definition) is 5. The third-order valence-corrected chi connectivity index (χ3v) is 3.20. The number of hydrogen-bond donors (Lipinski definition) is 1. The number of morpholine rings is 1. The third kappa shape index (κ3) is 5.91. The molecule has 1 aromatic rings. The summed E-state index contributed by atoms with van der Waals surface area (Å²) in [5, 5.41) is 3.97. The predicted molar refractivity (Wildman–Crippen MR) is 85.9 cm³/mol. The molecule has 0 spiro atoms. The molecule has 0 aliphatic carbocycles. The van der Waals surface area contributed by atoms with Gasteiger partial charge in [0, 0.05) is 13.1 Å². The molecule has 1 saturated heterocycles. The fourth-order valence-electron chi connectivity index (χ4n) is 2.14. The summed E-state index contributed by atoms with van der Waals surface area (Å²) < 4.78 is 10.9. The van der Waals surface area contributed by atoms with Crippen LogP contribution in [0.25, 0.3) is 0 Å². The zero-order chi connectivity index (χ0) is 15.8. The molecule has 0 radical (unpaired) electrons. The average Bonchev–Trinajstić information content (AvgIpc) is 2.49. The molecule has 6 heteroatoms. The maximum Gasteiger partial charge on any atom is 0.153 e. The first-order valence-corrected chi connectivity index (χ1v) is 7.63. The Morgan fingerprint density at radius 2 is 1.95 bits per heavy atom. The minimum Gasteiger partial charge on any atom is -0.491 e. The lowest BCUT2D eigenvalue weighted by molar-refractivity contribution is 0.0443. The van der Waals surface area contributed by atoms with E-state index in [1.807, 2.05) is 38.1 Å². The molecule has 2 N–H and O–H groups in total. The minimum atomic E-state index is 0.173. The van der Waals surface area contributed by atoms with Crippen LogP contribution in [-0.4, -0.2) is 49.7 Å². The zero-order valence-corrected chi connectivity index (χ0v) is 13.3. The Labute approximate surface area is 131 Å². The second-order valence-corrected chi connectivity index (χ2v) is 5.56. The Bertz CT molecular complexity index is 468. The number of ether oxygens (including phenoxy) is 2. The Morgan fingerprint density at radius 3 is 2.59 bits per heavy atom. The molecule has 0 bridgehead atoms. The molecule has 0 aromatic heterocycles. The zero-order valence-electron chi connectivity index (χ0n) is 13.3. The molecular formula is C16H25N3O3. The van der Waals surface area contributed by atoms with Gasteiger partial charge in [-0.25, -0.2) is 0 Å². The summed E-state index contributed by atoms with van der Waals surface area (Å²) in [4.78, 5) is 7.51. The van der Waals surface area contributed by atoms with Gasteiger partial charge in [0.25, 0.3) is 0 Å². The van der Waals surface area contributed by atoms with Crippen LogP contribution in [0, 0.1) is 0 Å². The maximum absolute atomic E-state index is 5.87. The monoisotopic (exact) mass is 307 g/mol. The van der Waals surface area contributed by atoms with Crippen LogP contribution in [-0.2, 0) is 16.2 Å². The molecule has 6 nitrogen and oxygen atoms in total. The summed E-state index contributed by atoms with van der Waals surface area (Å²) in [6, 6.07) is 7.79. The van der Waals surface area contributed by atoms with E-state index in [-0.39, 0.29) is 6.10 Å². The fraction of sp³-hybridized carbons (Fsp3) is 0.562.